The minimum absolute atomic E-state index is 0.838. The van der Waals surface area contributed by atoms with E-state index < -0.39 is 15.9 Å². The average Bonchev–Trinajstić information content (AvgIpc) is 2.14. The first kappa shape index (κ1) is 5.10. The predicted molar refractivity (Wildman–Crippen MR) is 30.2 cm³/mol. The summed E-state index contributed by atoms with van der Waals surface area (Å²) in [5.41, 5.74) is 0. The van der Waals surface area contributed by atoms with E-state index in [-0.39, 0.29) is 0 Å². The fourth-order valence-electron chi connectivity index (χ4n) is 0.542. The molecule has 0 fully saturated rings. The van der Waals surface area contributed by atoms with Gasteiger partial charge in [0.1, 0.15) is 0 Å². The molecule has 1 rings (SSSR count). The van der Waals surface area contributed by atoms with Gasteiger partial charge >= 0.3 is 48.5 Å². The molecule has 1 aliphatic rings. The maximum atomic E-state index is 11.7. The van der Waals surface area contributed by atoms with Crippen molar-refractivity contribution in [3.63, 3.8) is 0 Å². The Kier molecular flexibility index (Phi) is 1.68. The van der Waals surface area contributed by atoms with Crippen LogP contribution in [0.25, 0.3) is 0 Å². The summed E-state index contributed by atoms with van der Waals surface area (Å²) in [6.45, 7) is 0. The number of halogens is 1. The van der Waals surface area contributed by atoms with Crippen LogP contribution in [0.3, 0.4) is 0 Å². The van der Waals surface area contributed by atoms with Crippen LogP contribution in [0.4, 0.5) is 3.50 Å². The van der Waals surface area contributed by atoms with Gasteiger partial charge in [-0.05, 0) is 0 Å². The molecule has 0 aliphatic heterocycles. The summed E-state index contributed by atoms with van der Waals surface area (Å²) in [7, 11) is 0. The van der Waals surface area contributed by atoms with Crippen molar-refractivity contribution in [2.24, 2.45) is 0 Å². The molecule has 0 atom stereocenters. The van der Waals surface area contributed by atoms with Crippen molar-refractivity contribution in [1.82, 2.24) is 0 Å². The summed E-state index contributed by atoms with van der Waals surface area (Å²) >= 11 is -1.75. The van der Waals surface area contributed by atoms with Gasteiger partial charge in [-0.15, -0.1) is 0 Å². The Morgan fingerprint density at radius 1 is 1.86 bits per heavy atom. The molecule has 2 heteroatoms. The van der Waals surface area contributed by atoms with E-state index in [1.54, 1.807) is 0 Å². The van der Waals surface area contributed by atoms with Crippen LogP contribution in [0.2, 0.25) is 0 Å². The average molecular weight is 158 g/mol. The van der Waals surface area contributed by atoms with E-state index in [9.17, 15) is 3.50 Å². The van der Waals surface area contributed by atoms with Crippen molar-refractivity contribution in [3.8, 4) is 0 Å². The minimum atomic E-state index is -1.75. The number of allylic oxidation sites excluding steroid dienone is 4. The van der Waals surface area contributed by atoms with Crippen LogP contribution in [0, 0.1) is 6.08 Å². The van der Waals surface area contributed by atoms with Crippen molar-refractivity contribution in [2.75, 3.05) is 0 Å². The summed E-state index contributed by atoms with van der Waals surface area (Å²) in [5.74, 6) is 0. The van der Waals surface area contributed by atoms with E-state index in [1.165, 1.54) is 0 Å². The fraction of sp³-hybridized carbons (Fsp3) is 0.200. The van der Waals surface area contributed by atoms with Crippen LogP contribution in [-0.2, 0) is 0 Å². The standard InChI is InChI=1S/C5H6FGe/c6-7-5-3-1-2-4-5/h1,3H,2,7H2. The second kappa shape index (κ2) is 2.31. The first-order valence-electron chi connectivity index (χ1n) is 2.25. The van der Waals surface area contributed by atoms with Gasteiger partial charge in [-0.3, -0.25) is 0 Å². The molecule has 0 aromatic carbocycles. The van der Waals surface area contributed by atoms with Crippen LogP contribution < -0.4 is 0 Å². The summed E-state index contributed by atoms with van der Waals surface area (Å²) < 4.78 is 12.6. The van der Waals surface area contributed by atoms with E-state index in [4.69, 9.17) is 0 Å². The third kappa shape index (κ3) is 1.16. The van der Waals surface area contributed by atoms with Crippen molar-refractivity contribution < 1.29 is 3.50 Å². The summed E-state index contributed by atoms with van der Waals surface area (Å²) in [6.07, 6.45) is 7.55. The van der Waals surface area contributed by atoms with E-state index in [2.05, 4.69) is 6.08 Å². The van der Waals surface area contributed by atoms with E-state index in [0.717, 1.165) is 10.8 Å². The Hall–Kier alpha value is -0.0471. The first-order valence-corrected chi connectivity index (χ1v) is 4.86. The van der Waals surface area contributed by atoms with Crippen LogP contribution in [0.15, 0.2) is 16.6 Å². The van der Waals surface area contributed by atoms with Gasteiger partial charge in [-0.1, -0.05) is 0 Å². The van der Waals surface area contributed by atoms with Crippen LogP contribution >= 0.6 is 0 Å². The van der Waals surface area contributed by atoms with Crippen molar-refractivity contribution in [1.29, 1.82) is 0 Å². The topological polar surface area (TPSA) is 0 Å². The molecule has 0 saturated carbocycles. The zero-order valence-corrected chi connectivity index (χ0v) is 6.91. The van der Waals surface area contributed by atoms with Gasteiger partial charge in [0.15, 0.2) is 0 Å². The van der Waals surface area contributed by atoms with E-state index in [1.807, 2.05) is 12.2 Å². The SMILES string of the molecule is [F][GeH2][C]1=[C]CC=C1. The molecule has 1 aliphatic carbocycles. The Labute approximate surface area is 49.1 Å². The molecule has 7 heavy (non-hydrogen) atoms. The molecule has 0 aromatic heterocycles. The van der Waals surface area contributed by atoms with Gasteiger partial charge in [0, 0.05) is 0 Å². The predicted octanol–water partition coefficient (Wildman–Crippen LogP) is 0.687. The van der Waals surface area contributed by atoms with Gasteiger partial charge in [0.2, 0.25) is 0 Å². The summed E-state index contributed by atoms with van der Waals surface area (Å²) in [4.78, 5) is 0. The summed E-state index contributed by atoms with van der Waals surface area (Å²) in [6, 6.07) is 0. The molecule has 0 amide bonds. The molecular formula is C5H6FGe. The van der Waals surface area contributed by atoms with Crippen LogP contribution in [-0.4, -0.2) is 15.9 Å². The van der Waals surface area contributed by atoms with E-state index in [0.29, 0.717) is 0 Å². The van der Waals surface area contributed by atoms with Gasteiger partial charge in [-0.25, -0.2) is 0 Å². The normalized spacial score (nSPS) is 19.3. The molecule has 37 valence electrons. The number of hydrogen-bond donors (Lipinski definition) is 0. The Balaban J connectivity index is 2.52. The Morgan fingerprint density at radius 3 is 3.00 bits per heavy atom. The molecule has 1 radical (unpaired) electrons. The molecule has 0 N–H and O–H groups in total. The Morgan fingerprint density at radius 2 is 2.71 bits per heavy atom. The van der Waals surface area contributed by atoms with Gasteiger partial charge in [-0.2, -0.15) is 0 Å². The maximum absolute atomic E-state index is 11.7. The third-order valence-corrected chi connectivity index (χ3v) is 2.53. The third-order valence-electron chi connectivity index (χ3n) is 0.910. The molecule has 0 unspecified atom stereocenters. The molecule has 0 nitrogen and oxygen atoms in total. The molecule has 0 heterocycles. The van der Waals surface area contributed by atoms with Gasteiger partial charge < -0.3 is 0 Å². The Bertz CT molecular complexity index is 115. The number of rotatable bonds is 1. The zero-order valence-electron chi connectivity index (χ0n) is 3.95. The second-order valence-electron chi connectivity index (χ2n) is 1.44. The summed E-state index contributed by atoms with van der Waals surface area (Å²) in [5, 5.41) is 0. The fourth-order valence-corrected chi connectivity index (χ4v) is 1.58. The van der Waals surface area contributed by atoms with Crippen molar-refractivity contribution in [2.45, 2.75) is 6.42 Å². The first-order chi connectivity index (χ1) is 3.43. The number of hydrogen-bond acceptors (Lipinski definition) is 0. The van der Waals surface area contributed by atoms with Crippen LogP contribution in [0.5, 0.6) is 0 Å². The van der Waals surface area contributed by atoms with Gasteiger partial charge in [0.05, 0.1) is 0 Å². The van der Waals surface area contributed by atoms with Crippen LogP contribution in [0.1, 0.15) is 6.42 Å². The monoisotopic (exact) mass is 159 g/mol. The van der Waals surface area contributed by atoms with Crippen molar-refractivity contribution >= 4 is 15.9 Å². The molecule has 0 spiro atoms. The van der Waals surface area contributed by atoms with E-state index >= 15 is 0 Å². The quantitative estimate of drug-likeness (QED) is 0.492. The molecule has 0 bridgehead atoms. The second-order valence-corrected chi connectivity index (χ2v) is 3.60. The van der Waals surface area contributed by atoms with Crippen molar-refractivity contribution in [3.05, 3.63) is 22.6 Å². The molecule has 0 saturated heterocycles. The zero-order chi connectivity index (χ0) is 5.11. The van der Waals surface area contributed by atoms with Gasteiger partial charge in [0.25, 0.3) is 0 Å². The molecular weight excluding hydrogens is 152 g/mol. The molecule has 0 aromatic rings.